The molecule has 0 fully saturated rings. The van der Waals surface area contributed by atoms with E-state index in [2.05, 4.69) is 36.9 Å². The van der Waals surface area contributed by atoms with Crippen molar-refractivity contribution in [1.82, 2.24) is 4.90 Å². The van der Waals surface area contributed by atoms with Crippen LogP contribution in [0.15, 0.2) is 18.2 Å². The molecule has 1 aliphatic rings. The molecule has 1 aromatic carbocycles. The van der Waals surface area contributed by atoms with Gasteiger partial charge in [0, 0.05) is 6.54 Å². The van der Waals surface area contributed by atoms with E-state index in [0.717, 1.165) is 19.6 Å². The molecule has 0 N–H and O–H groups in total. The van der Waals surface area contributed by atoms with Gasteiger partial charge in [-0.05, 0) is 49.0 Å². The molecular formula is C15H22ClN. The SMILES string of the molecule is CCN(CC)CC(Cl)c1ccc2c(c1)CCC2. The van der Waals surface area contributed by atoms with E-state index in [1.54, 1.807) is 0 Å². The van der Waals surface area contributed by atoms with Crippen LogP contribution in [0.1, 0.15) is 42.3 Å². The second kappa shape index (κ2) is 5.88. The Morgan fingerprint density at radius 1 is 1.18 bits per heavy atom. The molecule has 1 nitrogen and oxygen atoms in total. The molecule has 0 aliphatic heterocycles. The Balaban J connectivity index is 2.06. The molecular weight excluding hydrogens is 230 g/mol. The molecule has 1 unspecified atom stereocenters. The van der Waals surface area contributed by atoms with Crippen molar-refractivity contribution in [1.29, 1.82) is 0 Å². The van der Waals surface area contributed by atoms with Crippen LogP contribution in [0.25, 0.3) is 0 Å². The molecule has 94 valence electrons. The molecule has 0 spiro atoms. The topological polar surface area (TPSA) is 3.24 Å². The quantitative estimate of drug-likeness (QED) is 0.720. The number of fused-ring (bicyclic) bond motifs is 1. The molecule has 2 heteroatoms. The summed E-state index contributed by atoms with van der Waals surface area (Å²) in [7, 11) is 0. The monoisotopic (exact) mass is 251 g/mol. The molecule has 1 aromatic rings. The largest absolute Gasteiger partial charge is 0.302 e. The van der Waals surface area contributed by atoms with Crippen LogP contribution >= 0.6 is 11.6 Å². The Kier molecular flexibility index (Phi) is 4.47. The maximum absolute atomic E-state index is 6.52. The number of likely N-dealkylation sites (N-methyl/N-ethyl adjacent to an activating group) is 1. The molecule has 1 atom stereocenters. The molecule has 0 bridgehead atoms. The van der Waals surface area contributed by atoms with Gasteiger partial charge in [-0.2, -0.15) is 0 Å². The summed E-state index contributed by atoms with van der Waals surface area (Å²) in [6, 6.07) is 6.81. The van der Waals surface area contributed by atoms with Crippen molar-refractivity contribution in [3.05, 3.63) is 34.9 Å². The van der Waals surface area contributed by atoms with Crippen LogP contribution in [-0.4, -0.2) is 24.5 Å². The van der Waals surface area contributed by atoms with Gasteiger partial charge in [0.15, 0.2) is 0 Å². The lowest BCUT2D eigenvalue weighted by Crippen LogP contribution is -2.26. The Bertz CT molecular complexity index is 371. The number of alkyl halides is 1. The van der Waals surface area contributed by atoms with Crippen LogP contribution < -0.4 is 0 Å². The van der Waals surface area contributed by atoms with Gasteiger partial charge in [0.05, 0.1) is 5.38 Å². The van der Waals surface area contributed by atoms with Gasteiger partial charge in [-0.3, -0.25) is 0 Å². The zero-order valence-corrected chi connectivity index (χ0v) is 11.6. The normalized spacial score (nSPS) is 16.2. The van der Waals surface area contributed by atoms with Crippen molar-refractivity contribution in [2.45, 2.75) is 38.5 Å². The smallest absolute Gasteiger partial charge is 0.0712 e. The number of rotatable bonds is 5. The number of hydrogen-bond donors (Lipinski definition) is 0. The van der Waals surface area contributed by atoms with Crippen LogP contribution in [-0.2, 0) is 12.8 Å². The van der Waals surface area contributed by atoms with Gasteiger partial charge in [0.2, 0.25) is 0 Å². The summed E-state index contributed by atoms with van der Waals surface area (Å²) in [6.45, 7) is 7.48. The second-order valence-electron chi connectivity index (χ2n) is 4.84. The van der Waals surface area contributed by atoms with E-state index in [-0.39, 0.29) is 5.38 Å². The van der Waals surface area contributed by atoms with Crippen molar-refractivity contribution in [3.8, 4) is 0 Å². The van der Waals surface area contributed by atoms with E-state index in [1.807, 2.05) is 0 Å². The molecule has 0 saturated carbocycles. The Labute approximate surface area is 110 Å². The highest BCUT2D eigenvalue weighted by Gasteiger charge is 2.15. The molecule has 0 aromatic heterocycles. The molecule has 0 amide bonds. The summed E-state index contributed by atoms with van der Waals surface area (Å²) in [4.78, 5) is 2.38. The molecule has 0 radical (unpaired) electrons. The zero-order valence-electron chi connectivity index (χ0n) is 10.9. The molecule has 17 heavy (non-hydrogen) atoms. The van der Waals surface area contributed by atoms with E-state index >= 15 is 0 Å². The minimum absolute atomic E-state index is 0.126. The number of hydrogen-bond acceptors (Lipinski definition) is 1. The Hall–Kier alpha value is -0.530. The third kappa shape index (κ3) is 3.02. The summed E-state index contributed by atoms with van der Waals surface area (Å²) < 4.78 is 0. The highest BCUT2D eigenvalue weighted by molar-refractivity contribution is 6.21. The average molecular weight is 252 g/mol. The first-order chi connectivity index (χ1) is 8.24. The van der Waals surface area contributed by atoms with Crippen LogP contribution in [0, 0.1) is 0 Å². The third-order valence-corrected chi connectivity index (χ3v) is 4.19. The van der Waals surface area contributed by atoms with Crippen molar-refractivity contribution in [2.75, 3.05) is 19.6 Å². The maximum atomic E-state index is 6.52. The Morgan fingerprint density at radius 3 is 2.59 bits per heavy atom. The van der Waals surface area contributed by atoms with Gasteiger partial charge in [0.25, 0.3) is 0 Å². The van der Waals surface area contributed by atoms with Gasteiger partial charge in [0.1, 0.15) is 0 Å². The first-order valence-corrected chi connectivity index (χ1v) is 7.16. The summed E-state index contributed by atoms with van der Waals surface area (Å²) in [5, 5.41) is 0.126. The van der Waals surface area contributed by atoms with Crippen molar-refractivity contribution in [2.24, 2.45) is 0 Å². The number of halogens is 1. The van der Waals surface area contributed by atoms with Crippen LogP contribution in [0.5, 0.6) is 0 Å². The van der Waals surface area contributed by atoms with E-state index in [1.165, 1.54) is 36.0 Å². The van der Waals surface area contributed by atoms with Crippen molar-refractivity contribution < 1.29 is 0 Å². The van der Waals surface area contributed by atoms with Gasteiger partial charge in [-0.1, -0.05) is 32.0 Å². The van der Waals surface area contributed by atoms with E-state index < -0.39 is 0 Å². The van der Waals surface area contributed by atoms with Crippen LogP contribution in [0.2, 0.25) is 0 Å². The molecule has 0 heterocycles. The summed E-state index contributed by atoms with van der Waals surface area (Å²) in [5.74, 6) is 0. The standard InChI is InChI=1S/C15H22ClN/c1-3-17(4-2)11-15(16)14-9-8-12-6-5-7-13(12)10-14/h8-10,15H,3-7,11H2,1-2H3. The molecule has 0 saturated heterocycles. The van der Waals surface area contributed by atoms with Gasteiger partial charge < -0.3 is 4.90 Å². The highest BCUT2D eigenvalue weighted by Crippen LogP contribution is 2.28. The molecule has 1 aliphatic carbocycles. The summed E-state index contributed by atoms with van der Waals surface area (Å²) in [5.41, 5.74) is 4.34. The summed E-state index contributed by atoms with van der Waals surface area (Å²) >= 11 is 6.52. The van der Waals surface area contributed by atoms with Gasteiger partial charge >= 0.3 is 0 Å². The zero-order chi connectivity index (χ0) is 12.3. The fourth-order valence-corrected chi connectivity index (χ4v) is 2.93. The first kappa shape index (κ1) is 12.9. The third-order valence-electron chi connectivity index (χ3n) is 3.80. The van der Waals surface area contributed by atoms with E-state index in [9.17, 15) is 0 Å². The van der Waals surface area contributed by atoms with Gasteiger partial charge in [-0.25, -0.2) is 0 Å². The predicted molar refractivity (Wildman–Crippen MR) is 74.8 cm³/mol. The maximum Gasteiger partial charge on any atom is 0.0712 e. The average Bonchev–Trinajstić information content (AvgIpc) is 2.82. The fourth-order valence-electron chi connectivity index (χ4n) is 2.60. The second-order valence-corrected chi connectivity index (χ2v) is 5.36. The number of aryl methyl sites for hydroxylation is 2. The lowest BCUT2D eigenvalue weighted by Gasteiger charge is -2.22. The molecule has 2 rings (SSSR count). The van der Waals surface area contributed by atoms with Crippen molar-refractivity contribution >= 4 is 11.6 Å². The fraction of sp³-hybridized carbons (Fsp3) is 0.600. The van der Waals surface area contributed by atoms with Gasteiger partial charge in [-0.15, -0.1) is 11.6 Å². The van der Waals surface area contributed by atoms with Crippen molar-refractivity contribution in [3.63, 3.8) is 0 Å². The van der Waals surface area contributed by atoms with Crippen LogP contribution in [0.4, 0.5) is 0 Å². The van der Waals surface area contributed by atoms with E-state index in [4.69, 9.17) is 11.6 Å². The van der Waals surface area contributed by atoms with Crippen LogP contribution in [0.3, 0.4) is 0 Å². The minimum Gasteiger partial charge on any atom is -0.302 e. The lowest BCUT2D eigenvalue weighted by atomic mass is 10.0. The number of benzene rings is 1. The lowest BCUT2D eigenvalue weighted by molar-refractivity contribution is 0.304. The highest BCUT2D eigenvalue weighted by atomic mass is 35.5. The predicted octanol–water partition coefficient (Wildman–Crippen LogP) is 3.80. The number of nitrogens with zero attached hydrogens (tertiary/aromatic N) is 1. The van der Waals surface area contributed by atoms with E-state index in [0.29, 0.717) is 0 Å². The first-order valence-electron chi connectivity index (χ1n) is 6.72. The summed E-state index contributed by atoms with van der Waals surface area (Å²) in [6.07, 6.45) is 3.79. The Morgan fingerprint density at radius 2 is 1.88 bits per heavy atom. The minimum atomic E-state index is 0.126.